The summed E-state index contributed by atoms with van der Waals surface area (Å²) in [4.78, 5) is 11.2. The first-order valence-corrected chi connectivity index (χ1v) is 21.2. The number of hydrogen-bond acceptors (Lipinski definition) is 7. The van der Waals surface area contributed by atoms with Gasteiger partial charge in [0.2, 0.25) is 0 Å². The van der Waals surface area contributed by atoms with E-state index in [-0.39, 0.29) is 137 Å². The maximum Gasteiger partial charge on any atom is 1.00 e. The molecule has 0 spiro atoms. The van der Waals surface area contributed by atoms with Gasteiger partial charge in [-0.05, 0) is 67.8 Å². The SMILES string of the molecule is C.C.CCCCCCCCCCBr.CCCCCCCCCCOc1ccc(OCCCCCCCCCC)cc1.O=CO[O-].Oc1ccc(O)cc1.[H-].[K+].[K+]. The van der Waals surface area contributed by atoms with E-state index in [0.717, 1.165) is 37.6 Å². The van der Waals surface area contributed by atoms with Crippen molar-refractivity contribution in [2.24, 2.45) is 0 Å². The smallest absolute Gasteiger partial charge is 1.00 e. The van der Waals surface area contributed by atoms with Gasteiger partial charge in [0.05, 0.1) is 13.2 Å². The molecular weight excluding hydrogens is 811 g/mol. The Kier molecular flexibility index (Phi) is 72.7. The summed E-state index contributed by atoms with van der Waals surface area (Å²) in [5, 5.41) is 26.9. The molecule has 314 valence electrons. The summed E-state index contributed by atoms with van der Waals surface area (Å²) >= 11 is 3.44. The predicted octanol–water partition coefficient (Wildman–Crippen LogP) is 8.17. The molecule has 0 aromatic heterocycles. The Labute approximate surface area is 435 Å². The number of aromatic hydroxyl groups is 2. The van der Waals surface area contributed by atoms with E-state index in [0.29, 0.717) is 0 Å². The minimum Gasteiger partial charge on any atom is -1.00 e. The molecule has 2 rings (SSSR count). The molecule has 0 radical (unpaired) electrons. The fraction of sp³-hybridized carbons (Fsp3) is 0.711. The standard InChI is InChI=1S/C26H46O2.C10H21Br.C6H6O2.CH2O3.2CH4.2K.H/c1-3-5-7-9-11-13-15-17-23-27-25-19-21-26(22-20-25)28-24-18-16-14-12-10-8-6-4-2;1-2-3-4-5-6-7-8-9-10-11;7-5-1-2-6(8)4-3-5;2-1-4-3;;;;;/h19-22H,3-18,23-24H2,1-2H3;2-10H2,1H3;1-4,7-8H;1,3H;2*1H4;;;/q;;;;;;2*+1;-1/p-1. The van der Waals surface area contributed by atoms with Crippen LogP contribution in [-0.2, 0) is 9.68 Å². The molecule has 2 aromatic rings. The molecule has 0 saturated carbocycles. The normalized spacial score (nSPS) is 9.33. The van der Waals surface area contributed by atoms with E-state index in [1.807, 2.05) is 24.3 Å². The van der Waals surface area contributed by atoms with Crippen LogP contribution in [0.25, 0.3) is 0 Å². The maximum atomic E-state index is 8.65. The van der Waals surface area contributed by atoms with Crippen LogP contribution in [0, 0.1) is 0 Å². The first-order chi connectivity index (χ1) is 25.0. The van der Waals surface area contributed by atoms with Crippen molar-refractivity contribution in [3.8, 4) is 23.0 Å². The number of benzene rings is 2. The molecule has 0 aliphatic heterocycles. The summed E-state index contributed by atoms with van der Waals surface area (Å²) in [7, 11) is 0. The summed E-state index contributed by atoms with van der Waals surface area (Å²) in [5.41, 5.74) is 0. The Morgan fingerprint density at radius 1 is 0.509 bits per heavy atom. The molecule has 0 fully saturated rings. The summed E-state index contributed by atoms with van der Waals surface area (Å²) in [6.45, 7) is 8.28. The Bertz CT molecular complexity index is 875. The Hall–Kier alpha value is 0.823. The van der Waals surface area contributed by atoms with Gasteiger partial charge in [-0.15, -0.1) is 0 Å². The number of carbonyl (C=O) groups is 1. The van der Waals surface area contributed by atoms with E-state index >= 15 is 0 Å². The summed E-state index contributed by atoms with van der Waals surface area (Å²) in [5.74, 6) is 2.26. The van der Waals surface area contributed by atoms with E-state index < -0.39 is 0 Å². The minimum atomic E-state index is -0.181. The van der Waals surface area contributed by atoms with Crippen molar-refractivity contribution in [3.63, 3.8) is 0 Å². The number of ether oxygens (including phenoxy) is 2. The fourth-order valence-electron chi connectivity index (χ4n) is 5.17. The van der Waals surface area contributed by atoms with Gasteiger partial charge >= 0.3 is 103 Å². The molecule has 0 heterocycles. The quantitative estimate of drug-likeness (QED) is 0.0162. The molecule has 0 amide bonds. The van der Waals surface area contributed by atoms with Gasteiger partial charge < -0.3 is 31.3 Å². The number of unbranched alkanes of at least 4 members (excludes halogenated alkanes) is 21. The summed E-state index contributed by atoms with van der Waals surface area (Å²) in [6.07, 6.45) is 32.7. The molecule has 0 saturated heterocycles. The fourth-order valence-corrected chi connectivity index (χ4v) is 5.56. The second-order valence-electron chi connectivity index (χ2n) is 13.0. The summed E-state index contributed by atoms with van der Waals surface area (Å²) in [6, 6.07) is 13.8. The van der Waals surface area contributed by atoms with Gasteiger partial charge in [0.25, 0.3) is 6.47 Å². The molecule has 0 unspecified atom stereocenters. The Morgan fingerprint density at radius 3 is 0.982 bits per heavy atom. The van der Waals surface area contributed by atoms with Crippen LogP contribution in [0.4, 0.5) is 0 Å². The number of rotatable bonds is 29. The zero-order chi connectivity index (χ0) is 37.9. The first-order valence-electron chi connectivity index (χ1n) is 20.1. The van der Waals surface area contributed by atoms with Gasteiger partial charge in [-0.2, -0.15) is 0 Å². The molecule has 0 bridgehead atoms. The molecule has 2 N–H and O–H groups in total. The van der Waals surface area contributed by atoms with E-state index in [2.05, 4.69) is 41.6 Å². The number of phenols is 2. The largest absolute Gasteiger partial charge is 1.00 e. The van der Waals surface area contributed by atoms with E-state index in [9.17, 15) is 0 Å². The molecule has 7 nitrogen and oxygen atoms in total. The van der Waals surface area contributed by atoms with Gasteiger partial charge in [-0.3, -0.25) is 4.79 Å². The average Bonchev–Trinajstić information content (AvgIpc) is 3.15. The second kappa shape index (κ2) is 59.1. The van der Waals surface area contributed by atoms with Crippen molar-refractivity contribution in [2.45, 2.75) is 190 Å². The van der Waals surface area contributed by atoms with Crippen LogP contribution in [0.3, 0.4) is 0 Å². The van der Waals surface area contributed by atoms with Crippen molar-refractivity contribution in [2.75, 3.05) is 18.5 Å². The third-order valence-corrected chi connectivity index (χ3v) is 8.79. The van der Waals surface area contributed by atoms with E-state index in [4.69, 9.17) is 29.7 Å². The summed E-state index contributed by atoms with van der Waals surface area (Å²) < 4.78 is 11.7. The molecular formula is C45H83BrK2O7. The molecule has 2 aromatic carbocycles. The number of carbonyl (C=O) groups excluding carboxylic acids is 1. The third kappa shape index (κ3) is 57.0. The zero-order valence-electron chi connectivity index (χ0n) is 35.6. The molecule has 55 heavy (non-hydrogen) atoms. The van der Waals surface area contributed by atoms with Crippen molar-refractivity contribution in [1.29, 1.82) is 0 Å². The van der Waals surface area contributed by atoms with Crippen LogP contribution >= 0.6 is 15.9 Å². The van der Waals surface area contributed by atoms with E-state index in [1.165, 1.54) is 171 Å². The number of phenolic OH excluding ortho intramolecular Hbond substituents is 2. The third-order valence-electron chi connectivity index (χ3n) is 8.23. The average molecular weight is 894 g/mol. The van der Waals surface area contributed by atoms with E-state index in [1.54, 1.807) is 0 Å². The number of halogens is 1. The molecule has 10 heteroatoms. The molecule has 0 atom stereocenters. The van der Waals surface area contributed by atoms with Crippen LogP contribution in [0.1, 0.15) is 191 Å². The zero-order valence-corrected chi connectivity index (χ0v) is 42.4. The second-order valence-corrected chi connectivity index (χ2v) is 13.8. The van der Waals surface area contributed by atoms with Crippen molar-refractivity contribution in [3.05, 3.63) is 48.5 Å². The van der Waals surface area contributed by atoms with Crippen LogP contribution < -0.4 is 118 Å². The predicted molar refractivity (Wildman–Crippen MR) is 231 cm³/mol. The molecule has 0 aliphatic carbocycles. The maximum absolute atomic E-state index is 8.65. The van der Waals surface area contributed by atoms with Crippen molar-refractivity contribution >= 4 is 22.4 Å². The van der Waals surface area contributed by atoms with Crippen LogP contribution in [0.5, 0.6) is 23.0 Å². The first kappa shape index (κ1) is 67.6. The van der Waals surface area contributed by atoms with Crippen molar-refractivity contribution in [1.82, 2.24) is 0 Å². The number of hydrogen-bond donors (Lipinski definition) is 2. The van der Waals surface area contributed by atoms with Gasteiger partial charge in [-0.1, -0.05) is 186 Å². The molecule has 0 aliphatic rings. The van der Waals surface area contributed by atoms with Crippen LogP contribution in [0.2, 0.25) is 0 Å². The topological polar surface area (TPSA) is 108 Å². The van der Waals surface area contributed by atoms with Crippen LogP contribution in [-0.4, -0.2) is 35.2 Å². The number of alkyl halides is 1. The van der Waals surface area contributed by atoms with Gasteiger partial charge in [0.1, 0.15) is 23.0 Å². The van der Waals surface area contributed by atoms with Gasteiger partial charge in [0.15, 0.2) is 0 Å². The van der Waals surface area contributed by atoms with Gasteiger partial charge in [-0.25, -0.2) is 0 Å². The Balaban J connectivity index is -0.000000142. The van der Waals surface area contributed by atoms with Crippen molar-refractivity contribution < 1.29 is 139 Å². The Morgan fingerprint density at radius 2 is 0.745 bits per heavy atom. The monoisotopic (exact) mass is 892 g/mol. The van der Waals surface area contributed by atoms with Gasteiger partial charge in [0, 0.05) is 5.33 Å². The minimum absolute atomic E-state index is 0. The van der Waals surface area contributed by atoms with Crippen LogP contribution in [0.15, 0.2) is 48.5 Å².